The number of rotatable bonds is 13. The zero-order valence-corrected chi connectivity index (χ0v) is 31.9. The molecule has 0 saturated heterocycles. The van der Waals surface area contributed by atoms with Crippen LogP contribution in [0.4, 0.5) is 52.7 Å². The fourth-order valence-corrected chi connectivity index (χ4v) is 5.32. The highest BCUT2D eigenvalue weighted by Crippen LogP contribution is 2.31. The highest BCUT2D eigenvalue weighted by Gasteiger charge is 2.36. The number of halogens is 13. The molecular weight excluding hydrogens is 902 g/mol. The molecule has 0 bridgehead atoms. The van der Waals surface area contributed by atoms with Gasteiger partial charge in [0.1, 0.15) is 11.8 Å². The van der Waals surface area contributed by atoms with Crippen molar-refractivity contribution >= 4 is 34.2 Å². The Balaban J connectivity index is 0.00000391. The summed E-state index contributed by atoms with van der Waals surface area (Å²) in [4.78, 5) is 40.1. The molecule has 0 aromatic heterocycles. The van der Waals surface area contributed by atoms with Crippen LogP contribution in [-0.4, -0.2) is 41.9 Å². The molecule has 0 N–H and O–H groups in total. The summed E-state index contributed by atoms with van der Waals surface area (Å²) in [7, 11) is 0. The van der Waals surface area contributed by atoms with Gasteiger partial charge >= 0.3 is 17.9 Å². The summed E-state index contributed by atoms with van der Waals surface area (Å²) in [5, 5.41) is 0. The van der Waals surface area contributed by atoms with Crippen LogP contribution in [-0.2, 0) is 20.8 Å². The second-order valence-electron chi connectivity index (χ2n) is 11.7. The molecule has 318 valence electrons. The van der Waals surface area contributed by atoms with E-state index in [1.807, 2.05) is 13.8 Å². The van der Waals surface area contributed by atoms with E-state index in [0.717, 1.165) is 0 Å². The van der Waals surface area contributed by atoms with Gasteiger partial charge < -0.3 is 18.0 Å². The van der Waals surface area contributed by atoms with Crippen molar-refractivity contribution in [2.45, 2.75) is 26.3 Å². The smallest absolute Gasteiger partial charge is 0.329 e. The Kier molecular flexibility index (Phi) is 15.7. The third-order valence-corrected chi connectivity index (χ3v) is 8.26. The Morgan fingerprint density at radius 3 is 1.17 bits per heavy atom. The van der Waals surface area contributed by atoms with Gasteiger partial charge in [0.05, 0.1) is 13.1 Å². The second kappa shape index (κ2) is 20.2. The molecule has 5 aromatic carbocycles. The van der Waals surface area contributed by atoms with E-state index in [1.54, 1.807) is 24.3 Å². The van der Waals surface area contributed by atoms with Gasteiger partial charge in [-0.2, -0.15) is 26.3 Å². The predicted octanol–water partition coefficient (Wildman–Crippen LogP) is 9.77. The molecule has 8 nitrogen and oxygen atoms in total. The van der Waals surface area contributed by atoms with Gasteiger partial charge in [0.2, 0.25) is 52.2 Å². The number of benzene rings is 5. The fourth-order valence-electron chi connectivity index (χ4n) is 5.11. The lowest BCUT2D eigenvalue weighted by Crippen LogP contribution is -2.50. The van der Waals surface area contributed by atoms with E-state index >= 15 is 0 Å². The molecule has 1 atom stereocenters. The highest BCUT2D eigenvalue weighted by atomic mass is 79.9. The summed E-state index contributed by atoms with van der Waals surface area (Å²) in [5.74, 6) is -37.3. The molecule has 0 saturated carbocycles. The maximum atomic E-state index is 14.6. The third kappa shape index (κ3) is 10.7. The van der Waals surface area contributed by atoms with Crippen LogP contribution in [0.5, 0.6) is 23.0 Å². The van der Waals surface area contributed by atoms with Crippen LogP contribution in [0.2, 0.25) is 0 Å². The van der Waals surface area contributed by atoms with E-state index in [4.69, 9.17) is 3.83 Å². The summed E-state index contributed by atoms with van der Waals surface area (Å²) in [6.07, 6.45) is -0.842. The maximum absolute atomic E-state index is 14.6. The summed E-state index contributed by atoms with van der Waals surface area (Å²) in [6, 6.07) is 8.80. The van der Waals surface area contributed by atoms with Crippen molar-refractivity contribution in [2.75, 3.05) is 13.1 Å². The van der Waals surface area contributed by atoms with Gasteiger partial charge in [-0.25, -0.2) is 31.1 Å². The molecule has 5 rings (SSSR count). The number of hydrogen-bond donors (Lipinski definition) is 0. The molecule has 0 amide bonds. The summed E-state index contributed by atoms with van der Waals surface area (Å²) in [6.45, 7) is 0.716. The zero-order chi connectivity index (χ0) is 44.6. The minimum atomic E-state index is -2.34. The average Bonchev–Trinajstić information content (AvgIpc) is 3.23. The van der Waals surface area contributed by atoms with Crippen LogP contribution in [0.3, 0.4) is 0 Å². The van der Waals surface area contributed by atoms with Gasteiger partial charge in [-0.05, 0) is 35.2 Å². The first-order valence-electron chi connectivity index (χ1n) is 16.7. The topological polar surface area (TPSA) is 91.4 Å². The van der Waals surface area contributed by atoms with Crippen molar-refractivity contribution in [2.24, 2.45) is 0 Å². The van der Waals surface area contributed by atoms with Gasteiger partial charge in [-0.15, -0.1) is 0 Å². The number of carbonyl (C=O) groups excluding carboxylic acids is 3. The van der Waals surface area contributed by atoms with Crippen LogP contribution >= 0.6 is 16.3 Å². The van der Waals surface area contributed by atoms with Crippen LogP contribution < -0.4 is 18.0 Å². The van der Waals surface area contributed by atoms with E-state index in [1.165, 1.54) is 24.3 Å². The third-order valence-electron chi connectivity index (χ3n) is 7.89. The Morgan fingerprint density at radius 2 is 0.833 bits per heavy atom. The molecule has 0 spiro atoms. The Labute approximate surface area is 339 Å². The van der Waals surface area contributed by atoms with Crippen LogP contribution in [0, 0.1) is 69.8 Å². The van der Waals surface area contributed by atoms with E-state index in [2.05, 4.69) is 30.5 Å². The average molecular weight is 927 g/mol. The summed E-state index contributed by atoms with van der Waals surface area (Å²) < 4.78 is 189. The molecule has 0 heterocycles. The van der Waals surface area contributed by atoms with E-state index < -0.39 is 131 Å². The number of ether oxygens (including phenoxy) is 3. The van der Waals surface area contributed by atoms with Crippen molar-refractivity contribution in [3.8, 4) is 34.1 Å². The lowest BCUT2D eigenvalue weighted by Gasteiger charge is -2.29. The van der Waals surface area contributed by atoms with Gasteiger partial charge in [0.25, 0.3) is 0 Å². The van der Waals surface area contributed by atoms with Crippen LogP contribution in [0.25, 0.3) is 11.1 Å². The standard InChI is InChI=1S/C37H18BrF12NO7.C2H6/c38-58-18-7-5-17(6-8-18)16-3-1-15(2-4-16)9-25(37(54)57-36-32(49)23(43)12-24(44)33(36)50)51(13-26(52)55-34-28(45)19(39)10-20(40)29(34)46)14-27(53)56-35-30(47)21(41)11-22(42)31(35)48;1-2/h1-8,10-12,25H,9,13-14H2;1-2H3. The predicted molar refractivity (Wildman–Crippen MR) is 188 cm³/mol. The number of carbonyl (C=O) groups is 3. The Hall–Kier alpha value is -6.09. The summed E-state index contributed by atoms with van der Waals surface area (Å²) in [5.41, 5.74) is 1.14. The van der Waals surface area contributed by atoms with E-state index in [0.29, 0.717) is 16.9 Å². The van der Waals surface area contributed by atoms with Crippen molar-refractivity contribution in [1.82, 2.24) is 4.90 Å². The lowest BCUT2D eigenvalue weighted by molar-refractivity contribution is -0.146. The lowest BCUT2D eigenvalue weighted by atomic mass is 9.99. The van der Waals surface area contributed by atoms with Gasteiger partial charge in [-0.1, -0.05) is 50.2 Å². The molecule has 1 unspecified atom stereocenters. The molecule has 0 radical (unpaired) electrons. The first-order valence-corrected chi connectivity index (χ1v) is 17.4. The van der Waals surface area contributed by atoms with Gasteiger partial charge in [0, 0.05) is 18.2 Å². The number of hydrogen-bond acceptors (Lipinski definition) is 8. The van der Waals surface area contributed by atoms with Crippen molar-refractivity contribution < 1.29 is 85.1 Å². The Morgan fingerprint density at radius 1 is 0.517 bits per heavy atom. The molecule has 0 aliphatic heterocycles. The van der Waals surface area contributed by atoms with Crippen molar-refractivity contribution in [3.05, 3.63) is 142 Å². The minimum Gasteiger partial charge on any atom is -0.419 e. The van der Waals surface area contributed by atoms with Crippen molar-refractivity contribution in [1.29, 1.82) is 0 Å². The SMILES string of the molecule is CC.O=C(CN(CC(=O)Oc1c(F)c(F)cc(F)c1F)C(Cc1ccc(-c2ccc(OBr)cc2)cc1)C(=O)Oc1c(F)c(F)cc(F)c1F)Oc1c(F)c(F)cc(F)c1F. The van der Waals surface area contributed by atoms with Crippen LogP contribution in [0.1, 0.15) is 19.4 Å². The maximum Gasteiger partial charge on any atom is 0.329 e. The second-order valence-corrected chi connectivity index (χ2v) is 12.0. The monoisotopic (exact) mass is 925 g/mol. The number of esters is 3. The first kappa shape index (κ1) is 46.6. The molecule has 60 heavy (non-hydrogen) atoms. The van der Waals surface area contributed by atoms with E-state index in [-0.39, 0.29) is 28.7 Å². The largest absolute Gasteiger partial charge is 0.419 e. The van der Waals surface area contributed by atoms with Gasteiger partial charge in [-0.3, -0.25) is 14.5 Å². The summed E-state index contributed by atoms with van der Waals surface area (Å²) >= 11 is 2.81. The molecule has 5 aromatic rings. The molecule has 0 aliphatic rings. The fraction of sp³-hybridized carbons (Fsp3) is 0.154. The van der Waals surface area contributed by atoms with Crippen molar-refractivity contribution in [3.63, 3.8) is 0 Å². The van der Waals surface area contributed by atoms with Crippen LogP contribution in [0.15, 0.2) is 66.7 Å². The molecular formula is C39H24BrF12NO7. The Bertz CT molecular complexity index is 2250. The molecule has 21 heteroatoms. The van der Waals surface area contributed by atoms with E-state index in [9.17, 15) is 67.1 Å². The van der Waals surface area contributed by atoms with Gasteiger partial charge in [0.15, 0.2) is 51.2 Å². The quantitative estimate of drug-likeness (QED) is 0.0500. The normalized spacial score (nSPS) is 11.4. The minimum absolute atomic E-state index is 0.0257. The first-order chi connectivity index (χ1) is 28.4. The molecule has 0 aliphatic carbocycles. The highest BCUT2D eigenvalue weighted by molar-refractivity contribution is 9.06. The number of nitrogens with zero attached hydrogens (tertiary/aromatic N) is 1. The molecule has 0 fully saturated rings. The zero-order valence-electron chi connectivity index (χ0n) is 30.3.